The molecular formula is C20H20BrClN2O2. The summed E-state index contributed by atoms with van der Waals surface area (Å²) < 4.78 is 0.781. The molecule has 2 aromatic carbocycles. The molecule has 6 heteroatoms. The number of amides is 2. The van der Waals surface area contributed by atoms with Crippen molar-refractivity contribution in [3.63, 3.8) is 0 Å². The van der Waals surface area contributed by atoms with Crippen LogP contribution < -0.4 is 10.2 Å². The fourth-order valence-electron chi connectivity index (χ4n) is 2.94. The molecule has 0 radical (unpaired) electrons. The van der Waals surface area contributed by atoms with Crippen LogP contribution >= 0.6 is 27.5 Å². The summed E-state index contributed by atoms with van der Waals surface area (Å²) in [6.45, 7) is 6.40. The smallest absolute Gasteiger partial charge is 0.257 e. The Morgan fingerprint density at radius 2 is 1.88 bits per heavy atom. The van der Waals surface area contributed by atoms with Crippen molar-refractivity contribution in [3.05, 3.63) is 57.0 Å². The van der Waals surface area contributed by atoms with E-state index in [2.05, 4.69) is 21.2 Å². The Morgan fingerprint density at radius 1 is 1.15 bits per heavy atom. The van der Waals surface area contributed by atoms with E-state index in [0.717, 1.165) is 22.1 Å². The van der Waals surface area contributed by atoms with Gasteiger partial charge < -0.3 is 10.2 Å². The minimum Gasteiger partial charge on any atom is -0.322 e. The van der Waals surface area contributed by atoms with Gasteiger partial charge in [0.1, 0.15) is 0 Å². The molecule has 2 amide bonds. The van der Waals surface area contributed by atoms with Gasteiger partial charge in [0.25, 0.3) is 5.91 Å². The molecule has 0 aliphatic carbocycles. The van der Waals surface area contributed by atoms with Crippen LogP contribution in [0.2, 0.25) is 5.02 Å². The molecule has 2 aromatic rings. The molecule has 3 rings (SSSR count). The third kappa shape index (κ3) is 3.79. The third-order valence-electron chi connectivity index (χ3n) is 4.30. The summed E-state index contributed by atoms with van der Waals surface area (Å²) in [6.07, 6.45) is 0.822. The van der Waals surface area contributed by atoms with Gasteiger partial charge in [-0.25, -0.2) is 0 Å². The van der Waals surface area contributed by atoms with Crippen LogP contribution in [-0.4, -0.2) is 18.4 Å². The van der Waals surface area contributed by atoms with Gasteiger partial charge in [-0.05, 0) is 42.3 Å². The minimum absolute atomic E-state index is 0.0785. The second-order valence-corrected chi connectivity index (χ2v) is 8.70. The molecular weight excluding hydrogens is 416 g/mol. The average molecular weight is 436 g/mol. The number of benzene rings is 2. The molecule has 4 nitrogen and oxygen atoms in total. The van der Waals surface area contributed by atoms with E-state index in [-0.39, 0.29) is 11.8 Å². The lowest BCUT2D eigenvalue weighted by atomic mass is 9.94. The van der Waals surface area contributed by atoms with Crippen molar-refractivity contribution >= 4 is 50.7 Å². The Labute approximate surface area is 166 Å². The quantitative estimate of drug-likeness (QED) is 0.697. The normalized spacial score (nSPS) is 13.5. The van der Waals surface area contributed by atoms with Crippen molar-refractivity contribution in [2.24, 2.45) is 5.41 Å². The maximum absolute atomic E-state index is 12.7. The number of rotatable bonds is 2. The van der Waals surface area contributed by atoms with Gasteiger partial charge in [-0.15, -0.1) is 0 Å². The van der Waals surface area contributed by atoms with Crippen molar-refractivity contribution in [1.82, 2.24) is 0 Å². The van der Waals surface area contributed by atoms with Crippen LogP contribution in [0.4, 0.5) is 11.4 Å². The number of nitrogens with zero attached hydrogens (tertiary/aromatic N) is 1. The first kappa shape index (κ1) is 18.9. The van der Waals surface area contributed by atoms with Crippen LogP contribution in [0.5, 0.6) is 0 Å². The highest BCUT2D eigenvalue weighted by Crippen LogP contribution is 2.34. The van der Waals surface area contributed by atoms with Crippen LogP contribution in [0.25, 0.3) is 0 Å². The maximum Gasteiger partial charge on any atom is 0.257 e. The Hall–Kier alpha value is -1.85. The maximum atomic E-state index is 12.7. The monoisotopic (exact) mass is 434 g/mol. The van der Waals surface area contributed by atoms with Crippen LogP contribution in [0, 0.1) is 5.41 Å². The van der Waals surface area contributed by atoms with Crippen molar-refractivity contribution in [1.29, 1.82) is 0 Å². The number of nitrogens with one attached hydrogen (secondary N) is 1. The molecule has 136 valence electrons. The molecule has 26 heavy (non-hydrogen) atoms. The SMILES string of the molecule is CC(C)(C)C(=O)N1CCc2ccc(NC(=O)c3cc(Br)ccc3Cl)cc21. The van der Waals surface area contributed by atoms with Gasteiger partial charge in [0.05, 0.1) is 10.6 Å². The van der Waals surface area contributed by atoms with Crippen LogP contribution in [-0.2, 0) is 11.2 Å². The Morgan fingerprint density at radius 3 is 2.58 bits per heavy atom. The average Bonchev–Trinajstić information content (AvgIpc) is 2.98. The van der Waals surface area contributed by atoms with E-state index in [9.17, 15) is 9.59 Å². The number of carbonyl (C=O) groups excluding carboxylic acids is 2. The fraction of sp³-hybridized carbons (Fsp3) is 0.300. The van der Waals surface area contributed by atoms with Gasteiger partial charge in [-0.1, -0.05) is 54.4 Å². The van der Waals surface area contributed by atoms with Crippen molar-refractivity contribution in [2.45, 2.75) is 27.2 Å². The van der Waals surface area contributed by atoms with E-state index in [1.165, 1.54) is 0 Å². The van der Waals surface area contributed by atoms with E-state index in [1.807, 2.05) is 39.0 Å². The molecule has 1 heterocycles. The number of anilines is 2. The molecule has 1 aliphatic rings. The molecule has 0 bridgehead atoms. The van der Waals surface area contributed by atoms with E-state index in [4.69, 9.17) is 11.6 Å². The molecule has 0 unspecified atom stereocenters. The number of hydrogen-bond acceptors (Lipinski definition) is 2. The number of hydrogen-bond donors (Lipinski definition) is 1. The molecule has 0 spiro atoms. The molecule has 0 fully saturated rings. The number of carbonyl (C=O) groups is 2. The van der Waals surface area contributed by atoms with Crippen molar-refractivity contribution in [2.75, 3.05) is 16.8 Å². The molecule has 0 atom stereocenters. The van der Waals surface area contributed by atoms with Crippen LogP contribution in [0.1, 0.15) is 36.7 Å². The second-order valence-electron chi connectivity index (χ2n) is 7.38. The molecule has 1 N–H and O–H groups in total. The van der Waals surface area contributed by atoms with E-state index >= 15 is 0 Å². The predicted molar refractivity (Wildman–Crippen MR) is 109 cm³/mol. The van der Waals surface area contributed by atoms with Gasteiger partial charge in [-0.3, -0.25) is 9.59 Å². The summed E-state index contributed by atoms with van der Waals surface area (Å²) in [5, 5.41) is 3.26. The van der Waals surface area contributed by atoms with Gasteiger partial charge in [-0.2, -0.15) is 0 Å². The number of fused-ring (bicyclic) bond motifs is 1. The minimum atomic E-state index is -0.454. The zero-order chi connectivity index (χ0) is 19.1. The van der Waals surface area contributed by atoms with E-state index in [0.29, 0.717) is 22.8 Å². The first-order valence-electron chi connectivity index (χ1n) is 8.38. The summed E-state index contributed by atoms with van der Waals surface area (Å²) in [5.41, 5.74) is 2.55. The van der Waals surface area contributed by atoms with Gasteiger partial charge in [0.2, 0.25) is 5.91 Å². The topological polar surface area (TPSA) is 49.4 Å². The van der Waals surface area contributed by atoms with Crippen molar-refractivity contribution < 1.29 is 9.59 Å². The zero-order valence-corrected chi connectivity index (χ0v) is 17.2. The van der Waals surface area contributed by atoms with Gasteiger partial charge >= 0.3 is 0 Å². The summed E-state index contributed by atoms with van der Waals surface area (Å²) >= 11 is 9.48. The van der Waals surface area contributed by atoms with Gasteiger partial charge in [0, 0.05) is 27.8 Å². The number of halogens is 2. The molecule has 0 saturated heterocycles. The van der Waals surface area contributed by atoms with Crippen molar-refractivity contribution in [3.8, 4) is 0 Å². The predicted octanol–water partition coefficient (Wildman–Crippen LogP) is 5.29. The van der Waals surface area contributed by atoms with E-state index in [1.54, 1.807) is 23.1 Å². The summed E-state index contributed by atoms with van der Waals surface area (Å²) in [6, 6.07) is 10.8. The molecule has 0 saturated carbocycles. The lowest BCUT2D eigenvalue weighted by Gasteiger charge is -2.26. The second kappa shape index (κ2) is 7.05. The van der Waals surface area contributed by atoms with Crippen LogP contribution in [0.3, 0.4) is 0 Å². The largest absolute Gasteiger partial charge is 0.322 e. The zero-order valence-electron chi connectivity index (χ0n) is 14.9. The first-order valence-corrected chi connectivity index (χ1v) is 9.55. The van der Waals surface area contributed by atoms with Gasteiger partial charge in [0.15, 0.2) is 0 Å². The highest BCUT2D eigenvalue weighted by atomic mass is 79.9. The lowest BCUT2D eigenvalue weighted by Crippen LogP contribution is -2.38. The standard InChI is InChI=1S/C20H20BrClN2O2/c1-20(2,3)19(26)24-9-8-12-4-6-14(11-17(12)24)23-18(25)15-10-13(21)5-7-16(15)22/h4-7,10-11H,8-9H2,1-3H3,(H,23,25). The third-order valence-corrected chi connectivity index (χ3v) is 5.12. The Bertz CT molecular complexity index is 890. The fourth-order valence-corrected chi connectivity index (χ4v) is 3.51. The summed E-state index contributed by atoms with van der Waals surface area (Å²) in [5.74, 6) is -0.210. The Kier molecular flexibility index (Phi) is 5.13. The first-order chi connectivity index (χ1) is 12.2. The summed E-state index contributed by atoms with van der Waals surface area (Å²) in [4.78, 5) is 27.1. The van der Waals surface area contributed by atoms with Crippen LogP contribution in [0.15, 0.2) is 40.9 Å². The highest BCUT2D eigenvalue weighted by molar-refractivity contribution is 9.10. The Balaban J connectivity index is 1.86. The highest BCUT2D eigenvalue weighted by Gasteiger charge is 2.32. The lowest BCUT2D eigenvalue weighted by molar-refractivity contribution is -0.125. The molecule has 1 aliphatic heterocycles. The van der Waals surface area contributed by atoms with E-state index < -0.39 is 5.41 Å². The molecule has 0 aromatic heterocycles. The summed E-state index contributed by atoms with van der Waals surface area (Å²) in [7, 11) is 0.